The number of hydrogen-bond donors (Lipinski definition) is 0. The van der Waals surface area contributed by atoms with Gasteiger partial charge in [0.15, 0.2) is 6.67 Å². The number of benzene rings is 2. The maximum absolute atomic E-state index is 13.7. The molecule has 1 amide bonds. The molecule has 3 aromatic rings. The van der Waals surface area contributed by atoms with Crippen molar-refractivity contribution in [2.45, 2.75) is 56.5 Å². The number of nitro groups is 1. The Kier molecular flexibility index (Phi) is 9.82. The fourth-order valence-electron chi connectivity index (χ4n) is 6.08. The Morgan fingerprint density at radius 2 is 1.72 bits per heavy atom. The third kappa shape index (κ3) is 7.57. The van der Waals surface area contributed by atoms with Gasteiger partial charge in [-0.2, -0.15) is 22.0 Å². The van der Waals surface area contributed by atoms with Gasteiger partial charge in [-0.25, -0.2) is 4.39 Å². The summed E-state index contributed by atoms with van der Waals surface area (Å²) >= 11 is 0. The first kappa shape index (κ1) is 33.5. The van der Waals surface area contributed by atoms with Gasteiger partial charge in [-0.15, -0.1) is 0 Å². The van der Waals surface area contributed by atoms with E-state index in [9.17, 15) is 41.3 Å². The number of hydrogen-bond acceptors (Lipinski definition) is 7. The first-order chi connectivity index (χ1) is 21.7. The van der Waals surface area contributed by atoms with Crippen LogP contribution in [0, 0.1) is 10.1 Å². The van der Waals surface area contributed by atoms with E-state index in [-0.39, 0.29) is 30.3 Å². The van der Waals surface area contributed by atoms with Gasteiger partial charge < -0.3 is 19.0 Å². The minimum absolute atomic E-state index is 0.0854. The molecule has 5 rings (SSSR count). The highest BCUT2D eigenvalue weighted by molar-refractivity contribution is 5.79. The van der Waals surface area contributed by atoms with Gasteiger partial charge in [0.25, 0.3) is 5.69 Å². The molecule has 15 heteroatoms. The minimum atomic E-state index is -4.85. The molecule has 0 N–H and O–H groups in total. The fraction of sp³-hybridized carbons (Fsp3) is 0.516. The number of carbonyl (C=O) groups excluding carboxylic acids is 1. The lowest BCUT2D eigenvalue weighted by molar-refractivity contribution is -0.388. The first-order valence-electron chi connectivity index (χ1n) is 14.9. The van der Waals surface area contributed by atoms with Gasteiger partial charge in [0.05, 0.1) is 17.6 Å². The summed E-state index contributed by atoms with van der Waals surface area (Å²) in [5, 5.41) is 11.5. The van der Waals surface area contributed by atoms with Crippen LogP contribution in [0.1, 0.15) is 42.6 Å². The largest absolute Gasteiger partial charge is 0.460 e. The van der Waals surface area contributed by atoms with Crippen LogP contribution in [0.4, 0.5) is 37.7 Å². The molecule has 0 bridgehead atoms. The van der Waals surface area contributed by atoms with E-state index in [2.05, 4.69) is 4.90 Å². The van der Waals surface area contributed by atoms with Gasteiger partial charge >= 0.3 is 12.1 Å². The zero-order valence-corrected chi connectivity index (χ0v) is 25.1. The van der Waals surface area contributed by atoms with Crippen LogP contribution in [0.25, 0.3) is 11.0 Å². The molecule has 0 radical (unpaired) electrons. The maximum atomic E-state index is 13.7. The SMILES string of the molecule is CN(c1ccc([N+](=O)[O-])c(C(F)(F)F)c1)C1CCC(OCC(=O)N2CCN(Cc3cc4cc(C(F)(F)CF)ccc4o3)CC2)CC1. The number of carbonyl (C=O) groups is 1. The van der Waals surface area contributed by atoms with Crippen molar-refractivity contribution in [1.29, 1.82) is 0 Å². The van der Waals surface area contributed by atoms with Crippen LogP contribution >= 0.6 is 0 Å². The molecule has 1 aromatic heterocycles. The van der Waals surface area contributed by atoms with Gasteiger partial charge in [-0.05, 0) is 62.1 Å². The Hall–Kier alpha value is -3.85. The summed E-state index contributed by atoms with van der Waals surface area (Å²) in [6.45, 7) is 0.660. The van der Waals surface area contributed by atoms with Gasteiger partial charge in [0.1, 0.15) is 23.5 Å². The molecule has 9 nitrogen and oxygen atoms in total. The lowest BCUT2D eigenvalue weighted by Crippen LogP contribution is -2.49. The Morgan fingerprint density at radius 1 is 1.02 bits per heavy atom. The van der Waals surface area contributed by atoms with Crippen LogP contribution in [-0.4, -0.2) is 79.3 Å². The number of nitrogens with zero attached hydrogens (tertiary/aromatic N) is 4. The molecule has 46 heavy (non-hydrogen) atoms. The van der Waals surface area contributed by atoms with E-state index in [1.807, 2.05) is 0 Å². The summed E-state index contributed by atoms with van der Waals surface area (Å²) in [7, 11) is 1.66. The van der Waals surface area contributed by atoms with Crippen molar-refractivity contribution in [3.05, 3.63) is 69.5 Å². The molecular formula is C31H34F6N4O5. The third-order valence-electron chi connectivity index (χ3n) is 8.79. The predicted molar refractivity (Wildman–Crippen MR) is 156 cm³/mol. The Balaban J connectivity index is 1.05. The second kappa shape index (κ2) is 13.5. The summed E-state index contributed by atoms with van der Waals surface area (Å²) < 4.78 is 92.1. The number of amides is 1. The third-order valence-corrected chi connectivity index (χ3v) is 8.79. The van der Waals surface area contributed by atoms with Crippen LogP contribution < -0.4 is 4.90 Å². The topological polar surface area (TPSA) is 92.3 Å². The highest BCUT2D eigenvalue weighted by atomic mass is 19.4. The number of rotatable bonds is 10. The van der Waals surface area contributed by atoms with Gasteiger partial charge in [-0.3, -0.25) is 19.8 Å². The summed E-state index contributed by atoms with van der Waals surface area (Å²) in [6, 6.07) is 8.38. The molecule has 1 saturated heterocycles. The van der Waals surface area contributed by atoms with Crippen LogP contribution in [0.2, 0.25) is 0 Å². The normalized spacial score (nSPS) is 19.8. The number of alkyl halides is 6. The van der Waals surface area contributed by atoms with Crippen molar-refractivity contribution in [3.63, 3.8) is 0 Å². The number of nitro benzene ring substituents is 1. The highest BCUT2D eigenvalue weighted by Crippen LogP contribution is 2.39. The number of anilines is 1. The number of piperazine rings is 1. The van der Waals surface area contributed by atoms with Crippen LogP contribution in [0.3, 0.4) is 0 Å². The lowest BCUT2D eigenvalue weighted by atomic mass is 9.91. The summed E-state index contributed by atoms with van der Waals surface area (Å²) in [5.41, 5.74) is -2.01. The average Bonchev–Trinajstić information content (AvgIpc) is 3.44. The molecular weight excluding hydrogens is 622 g/mol. The minimum Gasteiger partial charge on any atom is -0.460 e. The molecule has 2 heterocycles. The molecule has 2 aliphatic rings. The standard InChI is InChI=1S/C31H34F6N4O5/c1-38(23-5-8-27(41(43)44)26(16-23)31(35,36)37)22-3-6-24(7-4-22)45-18-29(42)40-12-10-39(11-13-40)17-25-15-20-14-21(30(33,34)19-32)2-9-28(20)46-25/h2,5,8-9,14-16,22,24H,3-4,6-7,10-13,17-19H2,1H3. The molecule has 0 unspecified atom stereocenters. The van der Waals surface area contributed by atoms with Crippen molar-refractivity contribution in [2.75, 3.05) is 51.4 Å². The summed E-state index contributed by atoms with van der Waals surface area (Å²) in [4.78, 5) is 28.4. The number of furan rings is 1. The van der Waals surface area contributed by atoms with Gasteiger partial charge in [0, 0.05) is 62.0 Å². The smallest absolute Gasteiger partial charge is 0.423 e. The predicted octanol–water partition coefficient (Wildman–Crippen LogP) is 6.53. The van der Waals surface area contributed by atoms with Crippen molar-refractivity contribution in [3.8, 4) is 0 Å². The first-order valence-corrected chi connectivity index (χ1v) is 14.9. The molecule has 2 fully saturated rings. The van der Waals surface area contributed by atoms with Crippen molar-refractivity contribution in [2.24, 2.45) is 0 Å². The monoisotopic (exact) mass is 656 g/mol. The van der Waals surface area contributed by atoms with E-state index in [1.165, 1.54) is 18.2 Å². The molecule has 0 atom stereocenters. The number of fused-ring (bicyclic) bond motifs is 1. The molecule has 250 valence electrons. The molecule has 0 spiro atoms. The van der Waals surface area contributed by atoms with Gasteiger partial charge in [0.2, 0.25) is 5.91 Å². The lowest BCUT2D eigenvalue weighted by Gasteiger charge is -2.37. The molecule has 2 aromatic carbocycles. The number of ether oxygens (including phenoxy) is 1. The number of halogens is 6. The van der Waals surface area contributed by atoms with E-state index in [0.29, 0.717) is 75.1 Å². The van der Waals surface area contributed by atoms with E-state index in [4.69, 9.17) is 9.15 Å². The van der Waals surface area contributed by atoms with Crippen LogP contribution in [-0.2, 0) is 28.2 Å². The van der Waals surface area contributed by atoms with E-state index in [1.54, 1.807) is 22.9 Å². The Labute approximate surface area is 260 Å². The zero-order chi connectivity index (χ0) is 33.2. The van der Waals surface area contributed by atoms with Gasteiger partial charge in [-0.1, -0.05) is 0 Å². The van der Waals surface area contributed by atoms with Crippen LogP contribution in [0.5, 0.6) is 0 Å². The molecule has 1 aliphatic carbocycles. The molecule has 1 aliphatic heterocycles. The van der Waals surface area contributed by atoms with E-state index in [0.717, 1.165) is 18.2 Å². The maximum Gasteiger partial charge on any atom is 0.423 e. The highest BCUT2D eigenvalue weighted by Gasteiger charge is 2.39. The summed E-state index contributed by atoms with van der Waals surface area (Å²) in [5.74, 6) is -3.12. The molecule has 1 saturated carbocycles. The zero-order valence-electron chi connectivity index (χ0n) is 25.1. The van der Waals surface area contributed by atoms with E-state index >= 15 is 0 Å². The Morgan fingerprint density at radius 3 is 2.35 bits per heavy atom. The fourth-order valence-corrected chi connectivity index (χ4v) is 6.08. The quantitative estimate of drug-likeness (QED) is 0.139. The van der Waals surface area contributed by atoms with E-state index < -0.39 is 40.5 Å². The second-order valence-corrected chi connectivity index (χ2v) is 11.8. The average molecular weight is 657 g/mol. The van der Waals surface area contributed by atoms with Crippen molar-refractivity contribution >= 4 is 28.3 Å². The Bertz CT molecular complexity index is 1550. The summed E-state index contributed by atoms with van der Waals surface area (Å²) in [6.07, 6.45) is -2.57. The second-order valence-electron chi connectivity index (χ2n) is 11.8. The van der Waals surface area contributed by atoms with Crippen LogP contribution in [0.15, 0.2) is 46.9 Å². The van der Waals surface area contributed by atoms with Crippen molar-refractivity contribution in [1.82, 2.24) is 9.80 Å². The van der Waals surface area contributed by atoms with Crippen molar-refractivity contribution < 1.29 is 45.2 Å².